The fourth-order valence-electron chi connectivity index (χ4n) is 2.80. The minimum Gasteiger partial charge on any atom is -0.0833 e. The van der Waals surface area contributed by atoms with Crippen LogP contribution in [-0.4, -0.2) is 0 Å². The minimum atomic E-state index is 0.630. The lowest BCUT2D eigenvalue weighted by Crippen LogP contribution is -1.97. The van der Waals surface area contributed by atoms with Gasteiger partial charge >= 0.3 is 0 Å². The predicted molar refractivity (Wildman–Crippen MR) is 50.6 cm³/mol. The van der Waals surface area contributed by atoms with Gasteiger partial charge in [0.05, 0.1) is 0 Å². The molecule has 0 aliphatic heterocycles. The SMILES string of the molecule is CC1=C[C@@H]2C3C=CC1C(C)=C[C@H]32. The quantitative estimate of drug-likeness (QED) is 0.475. The van der Waals surface area contributed by atoms with E-state index in [0.717, 1.165) is 17.8 Å². The number of hydrogen-bond acceptors (Lipinski definition) is 0. The molecule has 0 saturated heterocycles. The first-order valence-electron chi connectivity index (χ1n) is 4.82. The lowest BCUT2D eigenvalue weighted by Gasteiger charge is -2.11. The molecule has 0 N–H and O–H groups in total. The van der Waals surface area contributed by atoms with Crippen LogP contribution in [-0.2, 0) is 0 Å². The molecule has 0 aromatic rings. The van der Waals surface area contributed by atoms with Crippen molar-refractivity contribution < 1.29 is 0 Å². The Kier molecular flexibility index (Phi) is 1.08. The Hall–Kier alpha value is -0.780. The fraction of sp³-hybridized carbons (Fsp3) is 0.500. The second-order valence-corrected chi connectivity index (χ2v) is 4.42. The molecule has 0 spiro atoms. The summed E-state index contributed by atoms with van der Waals surface area (Å²) in [5, 5.41) is 0. The van der Waals surface area contributed by atoms with Crippen LogP contribution in [0.15, 0.2) is 35.5 Å². The van der Waals surface area contributed by atoms with Crippen LogP contribution in [0.4, 0.5) is 0 Å². The normalized spacial score (nSPS) is 47.8. The molecule has 0 amide bonds. The maximum absolute atomic E-state index is 2.49. The fourth-order valence-corrected chi connectivity index (χ4v) is 2.80. The molecule has 0 radical (unpaired) electrons. The van der Waals surface area contributed by atoms with Crippen LogP contribution in [0.3, 0.4) is 0 Å². The molecule has 4 rings (SSSR count). The zero-order valence-electron chi connectivity index (χ0n) is 7.62. The van der Waals surface area contributed by atoms with Crippen molar-refractivity contribution in [1.82, 2.24) is 0 Å². The van der Waals surface area contributed by atoms with Crippen LogP contribution in [0.5, 0.6) is 0 Å². The van der Waals surface area contributed by atoms with E-state index in [1.165, 1.54) is 0 Å². The molecule has 12 heavy (non-hydrogen) atoms. The molecule has 0 nitrogen and oxygen atoms in total. The average Bonchev–Trinajstić information content (AvgIpc) is 2.69. The number of hydrogen-bond donors (Lipinski definition) is 0. The maximum Gasteiger partial charge on any atom is 0.0181 e. The zero-order valence-corrected chi connectivity index (χ0v) is 7.62. The Morgan fingerprint density at radius 1 is 0.833 bits per heavy atom. The average molecular weight is 158 g/mol. The monoisotopic (exact) mass is 158 g/mol. The van der Waals surface area contributed by atoms with E-state index in [9.17, 15) is 0 Å². The summed E-state index contributed by atoms with van der Waals surface area (Å²) < 4.78 is 0. The Labute approximate surface area is 73.7 Å². The molecule has 62 valence electrons. The molecule has 0 aromatic heterocycles. The first-order chi connectivity index (χ1) is 5.77. The molecule has 0 aromatic carbocycles. The lowest BCUT2D eigenvalue weighted by molar-refractivity contribution is 0.893. The first kappa shape index (κ1) is 6.71. The van der Waals surface area contributed by atoms with Crippen LogP contribution in [0.25, 0.3) is 0 Å². The highest BCUT2D eigenvalue weighted by molar-refractivity contribution is 5.39. The maximum atomic E-state index is 2.49. The van der Waals surface area contributed by atoms with Gasteiger partial charge in [-0.15, -0.1) is 0 Å². The van der Waals surface area contributed by atoms with Crippen molar-refractivity contribution in [3.8, 4) is 0 Å². The van der Waals surface area contributed by atoms with Crippen molar-refractivity contribution in [3.63, 3.8) is 0 Å². The second-order valence-electron chi connectivity index (χ2n) is 4.42. The highest BCUT2D eigenvalue weighted by atomic mass is 14.5. The summed E-state index contributed by atoms with van der Waals surface area (Å²) in [5.74, 6) is 3.18. The molecule has 2 atom stereocenters. The third-order valence-corrected chi connectivity index (χ3v) is 3.61. The summed E-state index contributed by atoms with van der Waals surface area (Å²) in [7, 11) is 0. The lowest BCUT2D eigenvalue weighted by atomic mass is 9.94. The third kappa shape index (κ3) is 0.682. The number of allylic oxidation sites excluding steroid dienone is 6. The summed E-state index contributed by atoms with van der Waals surface area (Å²) in [5.41, 5.74) is 3.13. The van der Waals surface area contributed by atoms with Crippen molar-refractivity contribution in [2.75, 3.05) is 0 Å². The van der Waals surface area contributed by atoms with Gasteiger partial charge in [0.25, 0.3) is 0 Å². The summed E-state index contributed by atoms with van der Waals surface area (Å²) in [4.78, 5) is 0. The summed E-state index contributed by atoms with van der Waals surface area (Å²) in [6, 6.07) is 0. The van der Waals surface area contributed by atoms with Gasteiger partial charge in [-0.3, -0.25) is 0 Å². The molecule has 4 aliphatic rings. The van der Waals surface area contributed by atoms with Gasteiger partial charge in [-0.25, -0.2) is 0 Å². The highest BCUT2D eigenvalue weighted by Gasteiger charge is 2.48. The second kappa shape index (κ2) is 1.93. The van der Waals surface area contributed by atoms with E-state index >= 15 is 0 Å². The van der Waals surface area contributed by atoms with Gasteiger partial charge in [0.2, 0.25) is 0 Å². The van der Waals surface area contributed by atoms with Gasteiger partial charge in [0.15, 0.2) is 0 Å². The van der Waals surface area contributed by atoms with Crippen molar-refractivity contribution in [1.29, 1.82) is 0 Å². The van der Waals surface area contributed by atoms with Gasteiger partial charge in [0, 0.05) is 5.92 Å². The first-order valence-corrected chi connectivity index (χ1v) is 4.82. The molecule has 0 unspecified atom stereocenters. The Bertz CT molecular complexity index is 291. The Balaban J connectivity index is 2.18. The van der Waals surface area contributed by atoms with E-state index in [4.69, 9.17) is 0 Å². The van der Waals surface area contributed by atoms with Gasteiger partial charge in [-0.05, 0) is 31.6 Å². The smallest absolute Gasteiger partial charge is 0.0181 e. The van der Waals surface area contributed by atoms with Crippen LogP contribution in [0, 0.1) is 23.7 Å². The summed E-state index contributed by atoms with van der Waals surface area (Å²) in [6.07, 6.45) is 9.81. The highest BCUT2D eigenvalue weighted by Crippen LogP contribution is 2.55. The largest absolute Gasteiger partial charge is 0.0833 e. The number of rotatable bonds is 0. The van der Waals surface area contributed by atoms with E-state index in [1.807, 2.05) is 0 Å². The zero-order chi connectivity index (χ0) is 8.29. The Morgan fingerprint density at radius 2 is 1.42 bits per heavy atom. The van der Waals surface area contributed by atoms with Gasteiger partial charge in [-0.2, -0.15) is 0 Å². The van der Waals surface area contributed by atoms with E-state index in [-0.39, 0.29) is 0 Å². The summed E-state index contributed by atoms with van der Waals surface area (Å²) >= 11 is 0. The molecule has 4 aliphatic carbocycles. The van der Waals surface area contributed by atoms with Crippen molar-refractivity contribution in [2.24, 2.45) is 23.7 Å². The van der Waals surface area contributed by atoms with Crippen molar-refractivity contribution >= 4 is 0 Å². The van der Waals surface area contributed by atoms with Gasteiger partial charge in [0.1, 0.15) is 0 Å². The molecular formula is C12H14. The van der Waals surface area contributed by atoms with Crippen molar-refractivity contribution in [2.45, 2.75) is 13.8 Å². The molecule has 4 bridgehead atoms. The van der Waals surface area contributed by atoms with E-state index in [1.54, 1.807) is 11.1 Å². The van der Waals surface area contributed by atoms with Crippen LogP contribution < -0.4 is 0 Å². The topological polar surface area (TPSA) is 0 Å². The molecule has 0 heterocycles. The van der Waals surface area contributed by atoms with Gasteiger partial charge in [-0.1, -0.05) is 35.5 Å². The van der Waals surface area contributed by atoms with E-state index in [2.05, 4.69) is 38.2 Å². The standard InChI is InChI=1S/C12H14/c1-7-5-11-10-4-3-9(7)8(2)6-12(10)11/h3-6,9-12H,1-2H3/t9?,10?,11-,12-/m1/s1. The molecule has 1 fully saturated rings. The predicted octanol–water partition coefficient (Wildman–Crippen LogP) is 2.94. The third-order valence-electron chi connectivity index (χ3n) is 3.61. The minimum absolute atomic E-state index is 0.630. The molecular weight excluding hydrogens is 144 g/mol. The van der Waals surface area contributed by atoms with Crippen LogP contribution >= 0.6 is 0 Å². The van der Waals surface area contributed by atoms with Crippen LogP contribution in [0.1, 0.15) is 13.8 Å². The van der Waals surface area contributed by atoms with Crippen LogP contribution in [0.2, 0.25) is 0 Å². The summed E-state index contributed by atoms with van der Waals surface area (Å²) in [6.45, 7) is 4.55. The van der Waals surface area contributed by atoms with E-state index in [0.29, 0.717) is 5.92 Å². The van der Waals surface area contributed by atoms with Gasteiger partial charge < -0.3 is 0 Å². The van der Waals surface area contributed by atoms with Crippen molar-refractivity contribution in [3.05, 3.63) is 35.5 Å². The molecule has 0 heteroatoms. The Morgan fingerprint density at radius 3 is 2.00 bits per heavy atom. The van der Waals surface area contributed by atoms with E-state index < -0.39 is 0 Å². The molecule has 1 saturated carbocycles.